The zero-order valence-corrected chi connectivity index (χ0v) is 8.33. The quantitative estimate of drug-likeness (QED) is 0.544. The Morgan fingerprint density at radius 1 is 1.69 bits per heavy atom. The summed E-state index contributed by atoms with van der Waals surface area (Å²) in [5, 5.41) is 11.7. The van der Waals surface area contributed by atoms with Crippen molar-refractivity contribution in [1.29, 1.82) is 5.41 Å². The molecule has 1 rings (SSSR count). The van der Waals surface area contributed by atoms with E-state index in [-0.39, 0.29) is 5.84 Å². The van der Waals surface area contributed by atoms with Gasteiger partial charge in [-0.15, -0.1) is 0 Å². The third-order valence-electron chi connectivity index (χ3n) is 1.97. The van der Waals surface area contributed by atoms with E-state index in [2.05, 4.69) is 18.9 Å². The molecule has 0 bridgehead atoms. The molecular formula is C9H16N4. The Labute approximate surface area is 78.3 Å². The minimum Gasteiger partial charge on any atom is -0.382 e. The monoisotopic (exact) mass is 180 g/mol. The molecule has 0 unspecified atom stereocenters. The van der Waals surface area contributed by atoms with Gasteiger partial charge in [0.2, 0.25) is 0 Å². The molecule has 0 spiro atoms. The molecule has 0 aliphatic carbocycles. The summed E-state index contributed by atoms with van der Waals surface area (Å²) in [6, 6.07) is 1.89. The van der Waals surface area contributed by atoms with E-state index in [1.54, 1.807) is 4.68 Å². The fourth-order valence-electron chi connectivity index (χ4n) is 1.18. The lowest BCUT2D eigenvalue weighted by Crippen LogP contribution is -2.17. The second-order valence-electron chi connectivity index (χ2n) is 3.34. The van der Waals surface area contributed by atoms with E-state index in [0.717, 1.165) is 12.2 Å². The number of aromatic nitrogens is 2. The Balaban J connectivity index is 3.11. The maximum absolute atomic E-state index is 7.35. The zero-order valence-electron chi connectivity index (χ0n) is 8.33. The lowest BCUT2D eigenvalue weighted by atomic mass is 10.1. The van der Waals surface area contributed by atoms with Gasteiger partial charge >= 0.3 is 0 Å². The molecule has 0 saturated carbocycles. The molecule has 4 heteroatoms. The van der Waals surface area contributed by atoms with Crippen molar-refractivity contribution in [1.82, 2.24) is 9.78 Å². The first kappa shape index (κ1) is 9.77. The van der Waals surface area contributed by atoms with Crippen molar-refractivity contribution in [3.8, 4) is 0 Å². The van der Waals surface area contributed by atoms with E-state index in [4.69, 9.17) is 11.1 Å². The molecule has 0 amide bonds. The van der Waals surface area contributed by atoms with Gasteiger partial charge in [-0.3, -0.25) is 10.1 Å². The fraction of sp³-hybridized carbons (Fsp3) is 0.556. The third-order valence-corrected chi connectivity index (χ3v) is 1.97. The first-order chi connectivity index (χ1) is 6.06. The van der Waals surface area contributed by atoms with Crippen LogP contribution in [0.3, 0.4) is 0 Å². The molecule has 4 nitrogen and oxygen atoms in total. The lowest BCUT2D eigenvalue weighted by molar-refractivity contribution is 0.630. The summed E-state index contributed by atoms with van der Waals surface area (Å²) >= 11 is 0. The summed E-state index contributed by atoms with van der Waals surface area (Å²) in [5.41, 5.74) is 7.13. The molecule has 1 aromatic heterocycles. The Morgan fingerprint density at radius 3 is 2.62 bits per heavy atom. The van der Waals surface area contributed by atoms with Crippen molar-refractivity contribution < 1.29 is 0 Å². The minimum absolute atomic E-state index is 0.0845. The first-order valence-corrected chi connectivity index (χ1v) is 4.48. The molecular weight excluding hydrogens is 164 g/mol. The van der Waals surface area contributed by atoms with Gasteiger partial charge < -0.3 is 5.73 Å². The van der Waals surface area contributed by atoms with E-state index in [0.29, 0.717) is 11.6 Å². The number of rotatable bonds is 3. The van der Waals surface area contributed by atoms with Crippen molar-refractivity contribution in [2.75, 3.05) is 0 Å². The Bertz CT molecular complexity index is 311. The number of hydrogen-bond donors (Lipinski definition) is 2. The Kier molecular flexibility index (Phi) is 2.70. The molecule has 0 atom stereocenters. The van der Waals surface area contributed by atoms with Gasteiger partial charge in [-0.05, 0) is 18.9 Å². The van der Waals surface area contributed by atoms with Crippen LogP contribution in [0.25, 0.3) is 0 Å². The molecule has 0 fully saturated rings. The lowest BCUT2D eigenvalue weighted by Gasteiger charge is -2.00. The number of nitrogens with one attached hydrogen (secondary N) is 1. The van der Waals surface area contributed by atoms with Crippen LogP contribution in [-0.4, -0.2) is 15.6 Å². The van der Waals surface area contributed by atoms with Crippen LogP contribution < -0.4 is 5.73 Å². The van der Waals surface area contributed by atoms with Crippen molar-refractivity contribution >= 4 is 5.84 Å². The van der Waals surface area contributed by atoms with Crippen LogP contribution in [0.15, 0.2) is 6.07 Å². The molecule has 0 aliphatic rings. The van der Waals surface area contributed by atoms with Gasteiger partial charge in [0.15, 0.2) is 0 Å². The molecule has 0 aromatic carbocycles. The van der Waals surface area contributed by atoms with Gasteiger partial charge in [0.1, 0.15) is 11.5 Å². The Hall–Kier alpha value is -1.32. The summed E-state index contributed by atoms with van der Waals surface area (Å²) in [6.45, 7) is 6.89. The smallest absolute Gasteiger partial charge is 0.141 e. The highest BCUT2D eigenvalue weighted by atomic mass is 15.3. The van der Waals surface area contributed by atoms with Gasteiger partial charge in [0, 0.05) is 6.54 Å². The molecule has 0 radical (unpaired) electrons. The zero-order chi connectivity index (χ0) is 10.0. The maximum Gasteiger partial charge on any atom is 0.141 e. The van der Waals surface area contributed by atoms with Crippen LogP contribution in [-0.2, 0) is 6.54 Å². The van der Waals surface area contributed by atoms with Crippen LogP contribution in [0, 0.1) is 5.41 Å². The average molecular weight is 180 g/mol. The van der Waals surface area contributed by atoms with Crippen molar-refractivity contribution in [2.45, 2.75) is 33.2 Å². The summed E-state index contributed by atoms with van der Waals surface area (Å²) in [5.74, 6) is 0.465. The second kappa shape index (κ2) is 3.60. The summed E-state index contributed by atoms with van der Waals surface area (Å²) < 4.78 is 1.76. The largest absolute Gasteiger partial charge is 0.382 e. The molecule has 13 heavy (non-hydrogen) atoms. The van der Waals surface area contributed by atoms with Gasteiger partial charge in [-0.2, -0.15) is 5.10 Å². The van der Waals surface area contributed by atoms with Gasteiger partial charge in [-0.25, -0.2) is 0 Å². The molecule has 0 aliphatic heterocycles. The predicted octanol–water partition coefficient (Wildman–Crippen LogP) is 1.31. The number of hydrogen-bond acceptors (Lipinski definition) is 2. The number of nitrogens with two attached hydrogens (primary N) is 1. The van der Waals surface area contributed by atoms with Gasteiger partial charge in [-0.1, -0.05) is 13.8 Å². The highest BCUT2D eigenvalue weighted by Gasteiger charge is 2.10. The predicted molar refractivity (Wildman–Crippen MR) is 53.0 cm³/mol. The van der Waals surface area contributed by atoms with Crippen molar-refractivity contribution in [2.24, 2.45) is 5.73 Å². The van der Waals surface area contributed by atoms with Crippen molar-refractivity contribution in [3.63, 3.8) is 0 Å². The molecule has 1 aromatic rings. The fourth-order valence-corrected chi connectivity index (χ4v) is 1.18. The second-order valence-corrected chi connectivity index (χ2v) is 3.34. The summed E-state index contributed by atoms with van der Waals surface area (Å²) in [7, 11) is 0. The number of nitrogen functional groups attached to an aromatic ring is 1. The summed E-state index contributed by atoms with van der Waals surface area (Å²) in [4.78, 5) is 0. The van der Waals surface area contributed by atoms with Crippen molar-refractivity contribution in [3.05, 3.63) is 17.5 Å². The number of aryl methyl sites for hydroxylation is 1. The van der Waals surface area contributed by atoms with E-state index < -0.39 is 0 Å². The van der Waals surface area contributed by atoms with E-state index in [1.165, 1.54) is 0 Å². The SMILES string of the molecule is CCn1nc(C(C)C)cc1C(=N)N. The van der Waals surface area contributed by atoms with E-state index in [1.807, 2.05) is 13.0 Å². The topological polar surface area (TPSA) is 67.7 Å². The van der Waals surface area contributed by atoms with Crippen LogP contribution in [0.4, 0.5) is 0 Å². The number of nitrogens with zero attached hydrogens (tertiary/aromatic N) is 2. The summed E-state index contributed by atoms with van der Waals surface area (Å²) in [6.07, 6.45) is 0. The van der Waals surface area contributed by atoms with E-state index >= 15 is 0 Å². The van der Waals surface area contributed by atoms with Gasteiger partial charge in [0.25, 0.3) is 0 Å². The first-order valence-electron chi connectivity index (χ1n) is 4.48. The normalized spacial score (nSPS) is 10.8. The highest BCUT2D eigenvalue weighted by molar-refractivity contribution is 5.93. The Morgan fingerprint density at radius 2 is 2.31 bits per heavy atom. The average Bonchev–Trinajstić information content (AvgIpc) is 2.47. The highest BCUT2D eigenvalue weighted by Crippen LogP contribution is 2.13. The molecule has 0 saturated heterocycles. The number of amidine groups is 1. The van der Waals surface area contributed by atoms with Crippen LogP contribution >= 0.6 is 0 Å². The van der Waals surface area contributed by atoms with Crippen LogP contribution in [0.2, 0.25) is 0 Å². The molecule has 3 N–H and O–H groups in total. The molecule has 1 heterocycles. The maximum atomic E-state index is 7.35. The minimum atomic E-state index is 0.0845. The van der Waals surface area contributed by atoms with Crippen LogP contribution in [0.5, 0.6) is 0 Å². The van der Waals surface area contributed by atoms with Crippen LogP contribution in [0.1, 0.15) is 38.1 Å². The van der Waals surface area contributed by atoms with E-state index in [9.17, 15) is 0 Å². The standard InChI is InChI=1S/C9H16N4/c1-4-13-8(9(10)11)5-7(12-13)6(2)3/h5-6H,4H2,1-3H3,(H3,10,11). The van der Waals surface area contributed by atoms with Gasteiger partial charge in [0.05, 0.1) is 5.69 Å². The molecule has 72 valence electrons. The third kappa shape index (κ3) is 1.88.